The molecule has 7 nitrogen and oxygen atoms in total. The van der Waals surface area contributed by atoms with Crippen LogP contribution in [0.1, 0.15) is 32.6 Å². The van der Waals surface area contributed by atoms with Crippen molar-refractivity contribution in [2.75, 3.05) is 26.5 Å². The summed E-state index contributed by atoms with van der Waals surface area (Å²) in [5.74, 6) is 2.48. The highest BCUT2D eigenvalue weighted by Gasteiger charge is 2.33. The second-order valence-electron chi connectivity index (χ2n) is 7.58. The zero-order valence-corrected chi connectivity index (χ0v) is 19.4. The second kappa shape index (κ2) is 10.5. The molecule has 1 N–H and O–H groups in total. The lowest BCUT2D eigenvalue weighted by Gasteiger charge is -2.23. The average molecular weight is 467 g/mol. The van der Waals surface area contributed by atoms with Crippen molar-refractivity contribution in [1.29, 1.82) is 0 Å². The van der Waals surface area contributed by atoms with Gasteiger partial charge in [0.2, 0.25) is 5.91 Å². The molecule has 1 aromatic heterocycles. The zero-order chi connectivity index (χ0) is 23.2. The smallest absolute Gasteiger partial charge is 0.251 e. The van der Waals surface area contributed by atoms with Gasteiger partial charge in [-0.25, -0.2) is 0 Å². The molecule has 2 aromatic carbocycles. The van der Waals surface area contributed by atoms with Crippen LogP contribution >= 0.6 is 11.8 Å². The number of rotatable bonds is 9. The SMILES string of the molecule is COc1ccc(CCNC(=O)c2ccc([C@@H]3SCC(=O)N3Cc3ccco3)cc2)cc1OC. The molecule has 3 aromatic rings. The minimum atomic E-state index is -0.135. The fourth-order valence-corrected chi connectivity index (χ4v) is 4.92. The highest BCUT2D eigenvalue weighted by Crippen LogP contribution is 2.39. The summed E-state index contributed by atoms with van der Waals surface area (Å²) < 4.78 is 16.0. The van der Waals surface area contributed by atoms with Crippen LogP contribution in [-0.2, 0) is 17.8 Å². The first kappa shape index (κ1) is 22.8. The second-order valence-corrected chi connectivity index (χ2v) is 8.65. The minimum Gasteiger partial charge on any atom is -0.493 e. The van der Waals surface area contributed by atoms with E-state index in [2.05, 4.69) is 5.32 Å². The van der Waals surface area contributed by atoms with Crippen LogP contribution in [0, 0.1) is 0 Å². The molecule has 0 saturated carbocycles. The summed E-state index contributed by atoms with van der Waals surface area (Å²) in [7, 11) is 3.20. The fraction of sp³-hybridized carbons (Fsp3) is 0.280. The molecule has 1 aliphatic heterocycles. The fourth-order valence-electron chi connectivity index (χ4n) is 3.73. The molecular formula is C25H26N2O5S. The highest BCUT2D eigenvalue weighted by molar-refractivity contribution is 8.00. The first-order chi connectivity index (χ1) is 16.1. The number of nitrogens with zero attached hydrogens (tertiary/aromatic N) is 1. The summed E-state index contributed by atoms with van der Waals surface area (Å²) in [5, 5.41) is 2.86. The summed E-state index contributed by atoms with van der Waals surface area (Å²) in [6.45, 7) is 0.932. The third kappa shape index (κ3) is 5.34. The van der Waals surface area contributed by atoms with Crippen LogP contribution in [0.3, 0.4) is 0 Å². The summed E-state index contributed by atoms with van der Waals surface area (Å²) in [6.07, 6.45) is 2.28. The molecule has 0 unspecified atom stereocenters. The highest BCUT2D eigenvalue weighted by atomic mass is 32.2. The molecule has 172 valence electrons. The molecule has 1 saturated heterocycles. The van der Waals surface area contributed by atoms with Crippen molar-refractivity contribution in [3.63, 3.8) is 0 Å². The Morgan fingerprint density at radius 2 is 1.91 bits per heavy atom. The van der Waals surface area contributed by atoms with Gasteiger partial charge in [-0.1, -0.05) is 18.2 Å². The Hall–Kier alpha value is -3.39. The number of amides is 2. The summed E-state index contributed by atoms with van der Waals surface area (Å²) in [4.78, 5) is 26.7. The maximum atomic E-state index is 12.6. The van der Waals surface area contributed by atoms with Gasteiger partial charge in [-0.3, -0.25) is 9.59 Å². The van der Waals surface area contributed by atoms with E-state index in [4.69, 9.17) is 13.9 Å². The maximum absolute atomic E-state index is 12.6. The Bertz CT molecular complexity index is 1100. The third-order valence-corrected chi connectivity index (χ3v) is 6.74. The van der Waals surface area contributed by atoms with Crippen molar-refractivity contribution >= 4 is 23.6 Å². The first-order valence-corrected chi connectivity index (χ1v) is 11.7. The van der Waals surface area contributed by atoms with E-state index >= 15 is 0 Å². The molecule has 8 heteroatoms. The van der Waals surface area contributed by atoms with Crippen molar-refractivity contribution in [3.05, 3.63) is 83.3 Å². The molecule has 1 atom stereocenters. The van der Waals surface area contributed by atoms with E-state index in [1.165, 1.54) is 0 Å². The van der Waals surface area contributed by atoms with Crippen LogP contribution in [0.2, 0.25) is 0 Å². The molecule has 2 amide bonds. The van der Waals surface area contributed by atoms with Gasteiger partial charge in [0.1, 0.15) is 11.1 Å². The summed E-state index contributed by atoms with van der Waals surface area (Å²) >= 11 is 1.58. The van der Waals surface area contributed by atoms with Crippen LogP contribution in [0.15, 0.2) is 65.3 Å². The van der Waals surface area contributed by atoms with Crippen molar-refractivity contribution < 1.29 is 23.5 Å². The van der Waals surface area contributed by atoms with Crippen molar-refractivity contribution in [2.24, 2.45) is 0 Å². The molecule has 0 aliphatic carbocycles. The lowest BCUT2D eigenvalue weighted by Crippen LogP contribution is -2.28. The Balaban J connectivity index is 1.34. The summed E-state index contributed by atoms with van der Waals surface area (Å²) in [6, 6.07) is 16.8. The maximum Gasteiger partial charge on any atom is 0.251 e. The molecule has 0 spiro atoms. The quantitative estimate of drug-likeness (QED) is 0.513. The number of benzene rings is 2. The third-order valence-electron chi connectivity index (χ3n) is 5.48. The van der Waals surface area contributed by atoms with Gasteiger partial charge in [-0.2, -0.15) is 0 Å². The van der Waals surface area contributed by atoms with E-state index in [9.17, 15) is 9.59 Å². The van der Waals surface area contributed by atoms with Crippen LogP contribution in [0.25, 0.3) is 0 Å². The normalized spacial score (nSPS) is 15.5. The van der Waals surface area contributed by atoms with Crippen LogP contribution < -0.4 is 14.8 Å². The lowest BCUT2D eigenvalue weighted by molar-refractivity contribution is -0.128. The van der Waals surface area contributed by atoms with Crippen LogP contribution in [0.5, 0.6) is 11.5 Å². The van der Waals surface area contributed by atoms with Gasteiger partial charge in [-0.05, 0) is 53.9 Å². The van der Waals surface area contributed by atoms with E-state index in [1.54, 1.807) is 44.4 Å². The predicted molar refractivity (Wildman–Crippen MR) is 126 cm³/mol. The molecule has 33 heavy (non-hydrogen) atoms. The average Bonchev–Trinajstić information content (AvgIpc) is 3.49. The lowest BCUT2D eigenvalue weighted by atomic mass is 10.1. The number of furan rings is 1. The molecular weight excluding hydrogens is 440 g/mol. The number of thioether (sulfide) groups is 1. The number of carbonyl (C=O) groups excluding carboxylic acids is 2. The standard InChI is InChI=1S/C25H26N2O5S/c1-30-21-10-5-17(14-22(21)31-2)11-12-26-24(29)18-6-8-19(9-7-18)25-27(23(28)16-33-25)15-20-4-3-13-32-20/h3-10,13-14,25H,11-12,15-16H2,1-2H3,(H,26,29)/t25-/m0/s1. The largest absolute Gasteiger partial charge is 0.493 e. The number of methoxy groups -OCH3 is 2. The number of hydrogen-bond acceptors (Lipinski definition) is 6. The van der Waals surface area contributed by atoms with Crippen molar-refractivity contribution in [1.82, 2.24) is 10.2 Å². The number of ether oxygens (including phenoxy) is 2. The van der Waals surface area contributed by atoms with Crippen molar-refractivity contribution in [3.8, 4) is 11.5 Å². The van der Waals surface area contributed by atoms with E-state index in [1.807, 2.05) is 47.4 Å². The van der Waals surface area contributed by atoms with E-state index < -0.39 is 0 Å². The van der Waals surface area contributed by atoms with E-state index in [-0.39, 0.29) is 17.2 Å². The zero-order valence-electron chi connectivity index (χ0n) is 18.6. The summed E-state index contributed by atoms with van der Waals surface area (Å²) in [5.41, 5.74) is 2.61. The molecule has 2 heterocycles. The van der Waals surface area contributed by atoms with Gasteiger partial charge in [0.15, 0.2) is 11.5 Å². The monoisotopic (exact) mass is 466 g/mol. The molecule has 1 fully saturated rings. The number of nitrogens with one attached hydrogen (secondary N) is 1. The van der Waals surface area contributed by atoms with E-state index in [0.29, 0.717) is 42.3 Å². The van der Waals surface area contributed by atoms with Gasteiger partial charge in [0.25, 0.3) is 5.91 Å². The van der Waals surface area contributed by atoms with E-state index in [0.717, 1.165) is 16.9 Å². The Morgan fingerprint density at radius 1 is 1.12 bits per heavy atom. The van der Waals surface area contributed by atoms with Gasteiger partial charge in [-0.15, -0.1) is 11.8 Å². The molecule has 1 aliphatic rings. The molecule has 4 rings (SSSR count). The van der Waals surface area contributed by atoms with Gasteiger partial charge >= 0.3 is 0 Å². The Morgan fingerprint density at radius 3 is 2.61 bits per heavy atom. The van der Waals surface area contributed by atoms with Gasteiger partial charge < -0.3 is 24.1 Å². The van der Waals surface area contributed by atoms with Gasteiger partial charge in [0.05, 0.1) is 32.8 Å². The number of hydrogen-bond donors (Lipinski definition) is 1. The Kier molecular flexibility index (Phi) is 7.24. The molecule has 0 bridgehead atoms. The topological polar surface area (TPSA) is 81.0 Å². The Labute approximate surface area is 197 Å². The van der Waals surface area contributed by atoms with Crippen LogP contribution in [0.4, 0.5) is 0 Å². The predicted octanol–water partition coefficient (Wildman–Crippen LogP) is 4.04. The minimum absolute atomic E-state index is 0.0818. The van der Waals surface area contributed by atoms with Crippen LogP contribution in [-0.4, -0.2) is 43.2 Å². The first-order valence-electron chi connectivity index (χ1n) is 10.6. The molecule has 0 radical (unpaired) electrons. The van der Waals surface area contributed by atoms with Crippen molar-refractivity contribution in [2.45, 2.75) is 18.3 Å². The number of carbonyl (C=O) groups is 2. The van der Waals surface area contributed by atoms with Gasteiger partial charge in [0, 0.05) is 12.1 Å².